The van der Waals surface area contributed by atoms with Crippen LogP contribution in [0.5, 0.6) is 0 Å². The highest BCUT2D eigenvalue weighted by Crippen LogP contribution is 2.20. The molecule has 0 spiro atoms. The van der Waals surface area contributed by atoms with Crippen molar-refractivity contribution in [3.63, 3.8) is 0 Å². The molecule has 24 heavy (non-hydrogen) atoms. The molecule has 0 saturated carbocycles. The summed E-state index contributed by atoms with van der Waals surface area (Å²) in [6.45, 7) is 2.94. The number of hydrogen-bond acceptors (Lipinski definition) is 2. The van der Waals surface area contributed by atoms with Crippen molar-refractivity contribution >= 4 is 28.7 Å². The van der Waals surface area contributed by atoms with E-state index in [2.05, 4.69) is 39.8 Å². The van der Waals surface area contributed by atoms with Crippen LogP contribution in [0, 0.1) is 5.82 Å². The van der Waals surface area contributed by atoms with E-state index >= 15 is 0 Å². The van der Waals surface area contributed by atoms with Crippen molar-refractivity contribution in [1.82, 2.24) is 5.32 Å². The fourth-order valence-corrected chi connectivity index (χ4v) is 3.09. The minimum absolute atomic E-state index is 0.281. The van der Waals surface area contributed by atoms with E-state index in [-0.39, 0.29) is 5.82 Å². The fourth-order valence-electron chi connectivity index (χ4n) is 2.90. The lowest BCUT2D eigenvalue weighted by Gasteiger charge is -2.28. The van der Waals surface area contributed by atoms with Gasteiger partial charge in [0.1, 0.15) is 5.82 Å². The normalized spacial score (nSPS) is 14.3. The van der Waals surface area contributed by atoms with Crippen LogP contribution in [-0.4, -0.2) is 18.2 Å². The van der Waals surface area contributed by atoms with Crippen LogP contribution in [0.2, 0.25) is 0 Å². The summed E-state index contributed by atoms with van der Waals surface area (Å²) in [6, 6.07) is 14.9. The van der Waals surface area contributed by atoms with Crippen molar-refractivity contribution in [3.05, 3.63) is 59.9 Å². The molecule has 1 aliphatic heterocycles. The summed E-state index contributed by atoms with van der Waals surface area (Å²) in [7, 11) is 0. The molecule has 3 nitrogen and oxygen atoms in total. The van der Waals surface area contributed by atoms with Gasteiger partial charge in [0.2, 0.25) is 0 Å². The molecule has 0 aromatic heterocycles. The lowest BCUT2D eigenvalue weighted by Crippen LogP contribution is -2.29. The Labute approximate surface area is 147 Å². The predicted octanol–water partition coefficient (Wildman–Crippen LogP) is 4.30. The summed E-state index contributed by atoms with van der Waals surface area (Å²) in [5.41, 5.74) is 3.10. The Morgan fingerprint density at radius 3 is 2.50 bits per heavy atom. The Morgan fingerprint density at radius 2 is 1.79 bits per heavy atom. The molecule has 3 rings (SSSR count). The maximum Gasteiger partial charge on any atom is 0.171 e. The summed E-state index contributed by atoms with van der Waals surface area (Å²) < 4.78 is 13.2. The summed E-state index contributed by atoms with van der Waals surface area (Å²) in [6.07, 6.45) is 3.90. The number of nitrogens with zero attached hydrogens (tertiary/aromatic N) is 1. The van der Waals surface area contributed by atoms with Gasteiger partial charge in [-0.15, -0.1) is 0 Å². The largest absolute Gasteiger partial charge is 0.372 e. The average molecular weight is 343 g/mol. The van der Waals surface area contributed by atoms with E-state index in [1.165, 1.54) is 42.6 Å². The molecule has 0 radical (unpaired) electrons. The van der Waals surface area contributed by atoms with Gasteiger partial charge in [-0.2, -0.15) is 0 Å². The van der Waals surface area contributed by atoms with Gasteiger partial charge in [0, 0.05) is 31.0 Å². The van der Waals surface area contributed by atoms with Gasteiger partial charge in [-0.25, -0.2) is 4.39 Å². The first-order valence-corrected chi connectivity index (χ1v) is 8.76. The Hall–Kier alpha value is -2.14. The lowest BCUT2D eigenvalue weighted by atomic mass is 10.1. The molecular formula is C19H22FN3S. The fraction of sp³-hybridized carbons (Fsp3) is 0.316. The monoisotopic (exact) mass is 343 g/mol. The van der Waals surface area contributed by atoms with Crippen molar-refractivity contribution in [3.8, 4) is 0 Å². The van der Waals surface area contributed by atoms with E-state index < -0.39 is 0 Å². The Balaban J connectivity index is 1.50. The minimum Gasteiger partial charge on any atom is -0.372 e. The van der Waals surface area contributed by atoms with E-state index in [0.717, 1.165) is 13.1 Å². The quantitative estimate of drug-likeness (QED) is 0.809. The highest BCUT2D eigenvalue weighted by Gasteiger charge is 2.10. The second-order valence-corrected chi connectivity index (χ2v) is 6.44. The average Bonchev–Trinajstić information content (AvgIpc) is 2.61. The molecule has 2 aromatic carbocycles. The third kappa shape index (κ3) is 4.68. The second-order valence-electron chi connectivity index (χ2n) is 6.03. The van der Waals surface area contributed by atoms with E-state index in [4.69, 9.17) is 12.2 Å². The molecular weight excluding hydrogens is 321 g/mol. The zero-order valence-electron chi connectivity index (χ0n) is 13.6. The molecule has 5 heteroatoms. The maximum absolute atomic E-state index is 13.2. The molecule has 1 heterocycles. The number of anilines is 2. The van der Waals surface area contributed by atoms with Gasteiger partial charge in [-0.05, 0) is 67.4 Å². The van der Waals surface area contributed by atoms with Crippen LogP contribution in [-0.2, 0) is 6.54 Å². The van der Waals surface area contributed by atoms with Crippen molar-refractivity contribution in [2.75, 3.05) is 23.3 Å². The predicted molar refractivity (Wildman–Crippen MR) is 102 cm³/mol. The minimum atomic E-state index is -0.281. The van der Waals surface area contributed by atoms with Gasteiger partial charge >= 0.3 is 0 Å². The summed E-state index contributed by atoms with van der Waals surface area (Å²) in [5, 5.41) is 6.63. The van der Waals surface area contributed by atoms with Crippen LogP contribution in [0.15, 0.2) is 48.5 Å². The van der Waals surface area contributed by atoms with Gasteiger partial charge in [0.15, 0.2) is 5.11 Å². The first-order valence-electron chi connectivity index (χ1n) is 8.35. The van der Waals surface area contributed by atoms with E-state index in [1.807, 2.05) is 0 Å². The van der Waals surface area contributed by atoms with Crippen LogP contribution in [0.3, 0.4) is 0 Å². The lowest BCUT2D eigenvalue weighted by molar-refractivity contribution is 0.578. The molecule has 0 unspecified atom stereocenters. The van der Waals surface area contributed by atoms with Gasteiger partial charge in [0.25, 0.3) is 0 Å². The van der Waals surface area contributed by atoms with Crippen LogP contribution in [0.25, 0.3) is 0 Å². The van der Waals surface area contributed by atoms with Crippen molar-refractivity contribution in [2.24, 2.45) is 0 Å². The van der Waals surface area contributed by atoms with Crippen LogP contribution >= 0.6 is 12.2 Å². The molecule has 1 aliphatic rings. The van der Waals surface area contributed by atoms with Gasteiger partial charge in [-0.3, -0.25) is 0 Å². The Bertz CT molecular complexity index is 681. The summed E-state index contributed by atoms with van der Waals surface area (Å²) in [5.74, 6) is -0.281. The zero-order valence-corrected chi connectivity index (χ0v) is 14.4. The number of nitrogens with one attached hydrogen (secondary N) is 2. The smallest absolute Gasteiger partial charge is 0.171 e. The Kier molecular flexibility index (Phi) is 5.64. The second kappa shape index (κ2) is 8.11. The van der Waals surface area contributed by atoms with Gasteiger partial charge in [0.05, 0.1) is 0 Å². The highest BCUT2D eigenvalue weighted by molar-refractivity contribution is 7.80. The van der Waals surface area contributed by atoms with Crippen LogP contribution in [0.1, 0.15) is 24.8 Å². The first-order chi connectivity index (χ1) is 11.7. The number of thiocarbonyl (C=S) groups is 1. The zero-order chi connectivity index (χ0) is 16.8. The topological polar surface area (TPSA) is 27.3 Å². The van der Waals surface area contributed by atoms with E-state index in [0.29, 0.717) is 17.3 Å². The molecule has 0 bridgehead atoms. The third-order valence-corrected chi connectivity index (χ3v) is 4.44. The standard InChI is InChI=1S/C19H22FN3S/c20-16-5-4-6-17(13-16)22-19(24)21-14-15-7-9-18(10-8-15)23-11-2-1-3-12-23/h4-10,13H,1-3,11-12,14H2,(H2,21,22,24). The molecule has 1 fully saturated rings. The third-order valence-electron chi connectivity index (χ3n) is 4.19. The van der Waals surface area contributed by atoms with E-state index in [1.54, 1.807) is 12.1 Å². The molecule has 2 N–H and O–H groups in total. The highest BCUT2D eigenvalue weighted by atomic mass is 32.1. The summed E-state index contributed by atoms with van der Waals surface area (Å²) in [4.78, 5) is 2.44. The van der Waals surface area contributed by atoms with E-state index in [9.17, 15) is 4.39 Å². The number of hydrogen-bond donors (Lipinski definition) is 2. The van der Waals surface area contributed by atoms with Crippen LogP contribution < -0.4 is 15.5 Å². The molecule has 126 valence electrons. The number of benzene rings is 2. The number of rotatable bonds is 4. The first kappa shape index (κ1) is 16.7. The maximum atomic E-state index is 13.2. The van der Waals surface area contributed by atoms with Crippen LogP contribution in [0.4, 0.5) is 15.8 Å². The van der Waals surface area contributed by atoms with Crippen molar-refractivity contribution in [1.29, 1.82) is 0 Å². The van der Waals surface area contributed by atoms with Crippen molar-refractivity contribution < 1.29 is 4.39 Å². The number of piperidine rings is 1. The number of halogens is 1. The summed E-state index contributed by atoms with van der Waals surface area (Å²) >= 11 is 5.25. The molecule has 2 aromatic rings. The Morgan fingerprint density at radius 1 is 1.04 bits per heavy atom. The molecule has 0 atom stereocenters. The van der Waals surface area contributed by atoms with Crippen molar-refractivity contribution in [2.45, 2.75) is 25.8 Å². The van der Waals surface area contributed by atoms with Gasteiger partial charge < -0.3 is 15.5 Å². The molecule has 0 aliphatic carbocycles. The molecule has 0 amide bonds. The van der Waals surface area contributed by atoms with Gasteiger partial charge in [-0.1, -0.05) is 18.2 Å². The SMILES string of the molecule is Fc1cccc(NC(=S)NCc2ccc(N3CCCCC3)cc2)c1. The molecule has 1 saturated heterocycles.